The molecule has 2 N–H and O–H groups in total. The molecule has 0 aliphatic carbocycles. The summed E-state index contributed by atoms with van der Waals surface area (Å²) >= 11 is 4.82. The number of aromatic nitrogens is 1. The van der Waals surface area contributed by atoms with Crippen LogP contribution in [0, 0.1) is 0 Å². The van der Waals surface area contributed by atoms with Crippen molar-refractivity contribution in [3.05, 3.63) is 27.9 Å². The molecule has 0 aliphatic rings. The van der Waals surface area contributed by atoms with Gasteiger partial charge >= 0.3 is 0 Å². The Hall–Kier alpha value is -0.850. The first-order chi connectivity index (χ1) is 8.16. The first kappa shape index (κ1) is 12.6. The fourth-order valence-corrected chi connectivity index (χ4v) is 3.55. The number of thiophene rings is 1. The minimum atomic E-state index is -0.275. The van der Waals surface area contributed by atoms with Crippen LogP contribution in [0.15, 0.2) is 22.2 Å². The summed E-state index contributed by atoms with van der Waals surface area (Å²) in [6.45, 7) is 1.82. The lowest BCUT2D eigenvalue weighted by Crippen LogP contribution is -2.22. The van der Waals surface area contributed by atoms with E-state index in [9.17, 15) is 4.79 Å². The minimum absolute atomic E-state index is 0.165. The molecule has 90 valence electrons. The van der Waals surface area contributed by atoms with Gasteiger partial charge in [0.2, 0.25) is 5.91 Å². The highest BCUT2D eigenvalue weighted by Crippen LogP contribution is 2.27. The largest absolute Gasteiger partial charge is 0.369 e. The highest BCUT2D eigenvalue weighted by Gasteiger charge is 2.11. The molecule has 0 radical (unpaired) electrons. The van der Waals surface area contributed by atoms with Gasteiger partial charge in [0.05, 0.1) is 10.9 Å². The second kappa shape index (κ2) is 5.66. The van der Waals surface area contributed by atoms with E-state index in [0.29, 0.717) is 0 Å². The number of carbonyl (C=O) groups is 1. The lowest BCUT2D eigenvalue weighted by Gasteiger charge is -2.04. The van der Waals surface area contributed by atoms with Crippen molar-refractivity contribution in [2.24, 2.45) is 5.73 Å². The van der Waals surface area contributed by atoms with Gasteiger partial charge in [0, 0.05) is 22.1 Å². The van der Waals surface area contributed by atoms with Crippen molar-refractivity contribution < 1.29 is 4.79 Å². The molecule has 0 spiro atoms. The lowest BCUT2D eigenvalue weighted by molar-refractivity contribution is -0.117. The zero-order valence-corrected chi connectivity index (χ0v) is 11.7. The van der Waals surface area contributed by atoms with E-state index in [1.165, 1.54) is 17.3 Å². The van der Waals surface area contributed by atoms with Crippen LogP contribution >= 0.6 is 34.4 Å². The maximum absolute atomic E-state index is 10.9. The van der Waals surface area contributed by atoms with E-state index in [4.69, 9.17) is 5.73 Å². The molecule has 2 rings (SSSR count). The third-order valence-electron chi connectivity index (χ3n) is 2.20. The smallest absolute Gasteiger partial charge is 0.230 e. The molecule has 0 fully saturated rings. The van der Waals surface area contributed by atoms with Crippen molar-refractivity contribution in [1.29, 1.82) is 0 Å². The zero-order valence-electron chi connectivity index (χ0n) is 9.25. The second-order valence-corrected chi connectivity index (χ2v) is 6.48. The molecule has 2 heterocycles. The van der Waals surface area contributed by atoms with E-state index >= 15 is 0 Å². The summed E-state index contributed by atoms with van der Waals surface area (Å²) in [7, 11) is 0. The van der Waals surface area contributed by atoms with Crippen LogP contribution in [0.4, 0.5) is 0 Å². The molecule has 0 bridgehead atoms. The molecule has 1 atom stereocenters. The average molecular weight is 284 g/mol. The van der Waals surface area contributed by atoms with Crippen LogP contribution in [0.25, 0.3) is 10.6 Å². The Morgan fingerprint density at radius 3 is 3.06 bits per heavy atom. The van der Waals surface area contributed by atoms with Gasteiger partial charge < -0.3 is 5.73 Å². The van der Waals surface area contributed by atoms with Gasteiger partial charge in [0.25, 0.3) is 0 Å². The Morgan fingerprint density at radius 1 is 1.59 bits per heavy atom. The fraction of sp³-hybridized carbons (Fsp3) is 0.273. The highest BCUT2D eigenvalue weighted by atomic mass is 32.2. The number of primary amides is 1. The summed E-state index contributed by atoms with van der Waals surface area (Å²) in [5.74, 6) is 0.452. The number of hydrogen-bond acceptors (Lipinski definition) is 5. The standard InChI is InChI=1S/C11H12N2OS3/c1-7(10(12)14)16-5-9-6-17-11(13-9)8-2-3-15-4-8/h2-4,6-7H,5H2,1H3,(H2,12,14)/t7-/m1/s1. The molecular formula is C11H12N2OS3. The van der Waals surface area contributed by atoms with E-state index < -0.39 is 0 Å². The molecule has 2 aromatic rings. The Kier molecular flexibility index (Phi) is 4.20. The summed E-state index contributed by atoms with van der Waals surface area (Å²) in [4.78, 5) is 15.4. The van der Waals surface area contributed by atoms with Crippen LogP contribution in [-0.2, 0) is 10.5 Å². The topological polar surface area (TPSA) is 56.0 Å². The lowest BCUT2D eigenvalue weighted by atomic mass is 10.4. The van der Waals surface area contributed by atoms with Crippen molar-refractivity contribution in [2.45, 2.75) is 17.9 Å². The Morgan fingerprint density at radius 2 is 2.41 bits per heavy atom. The van der Waals surface area contributed by atoms with E-state index in [1.54, 1.807) is 22.7 Å². The molecule has 0 saturated heterocycles. The molecule has 0 unspecified atom stereocenters. The predicted octanol–water partition coefficient (Wildman–Crippen LogP) is 2.98. The van der Waals surface area contributed by atoms with Crippen molar-refractivity contribution in [3.8, 4) is 10.6 Å². The van der Waals surface area contributed by atoms with Gasteiger partial charge in [-0.15, -0.1) is 23.1 Å². The van der Waals surface area contributed by atoms with Gasteiger partial charge in [-0.1, -0.05) is 0 Å². The summed E-state index contributed by atoms with van der Waals surface area (Å²) in [6.07, 6.45) is 0. The fourth-order valence-electron chi connectivity index (χ4n) is 1.18. The minimum Gasteiger partial charge on any atom is -0.369 e. The van der Waals surface area contributed by atoms with Crippen molar-refractivity contribution in [3.63, 3.8) is 0 Å². The van der Waals surface area contributed by atoms with Crippen LogP contribution in [-0.4, -0.2) is 16.1 Å². The number of carbonyl (C=O) groups excluding carboxylic acids is 1. The van der Waals surface area contributed by atoms with Crippen LogP contribution in [0.3, 0.4) is 0 Å². The third kappa shape index (κ3) is 3.31. The number of hydrogen-bond donors (Lipinski definition) is 1. The summed E-state index contributed by atoms with van der Waals surface area (Å²) in [5, 5.41) is 7.03. The van der Waals surface area contributed by atoms with Gasteiger partial charge in [-0.3, -0.25) is 4.79 Å². The summed E-state index contributed by atoms with van der Waals surface area (Å²) in [6, 6.07) is 2.06. The third-order valence-corrected chi connectivity index (χ3v) is 5.02. The van der Waals surface area contributed by atoms with Crippen LogP contribution in [0.2, 0.25) is 0 Å². The van der Waals surface area contributed by atoms with Crippen LogP contribution in [0.1, 0.15) is 12.6 Å². The Balaban J connectivity index is 1.97. The van der Waals surface area contributed by atoms with Crippen molar-refractivity contribution in [2.75, 3.05) is 0 Å². The molecule has 2 aromatic heterocycles. The quantitative estimate of drug-likeness (QED) is 0.918. The normalized spacial score (nSPS) is 12.5. The number of nitrogens with two attached hydrogens (primary N) is 1. The SMILES string of the molecule is C[C@@H](SCc1csc(-c2ccsc2)n1)C(N)=O. The zero-order chi connectivity index (χ0) is 12.3. The molecule has 0 aliphatic heterocycles. The van der Waals surface area contributed by atoms with Gasteiger partial charge in [-0.25, -0.2) is 4.98 Å². The van der Waals surface area contributed by atoms with E-state index in [2.05, 4.69) is 16.4 Å². The first-order valence-electron chi connectivity index (χ1n) is 5.04. The Labute approximate surface area is 112 Å². The molecule has 3 nitrogen and oxygen atoms in total. The molecular weight excluding hydrogens is 272 g/mol. The monoisotopic (exact) mass is 284 g/mol. The molecule has 17 heavy (non-hydrogen) atoms. The number of rotatable bonds is 5. The van der Waals surface area contributed by atoms with E-state index in [-0.39, 0.29) is 11.2 Å². The van der Waals surface area contributed by atoms with Gasteiger partial charge in [0.1, 0.15) is 5.01 Å². The molecule has 0 aromatic carbocycles. The number of amides is 1. The highest BCUT2D eigenvalue weighted by molar-refractivity contribution is 7.99. The van der Waals surface area contributed by atoms with Crippen molar-refractivity contribution in [1.82, 2.24) is 4.98 Å². The maximum Gasteiger partial charge on any atom is 0.230 e. The van der Waals surface area contributed by atoms with Crippen molar-refractivity contribution >= 4 is 40.3 Å². The summed E-state index contributed by atoms with van der Waals surface area (Å²) in [5.41, 5.74) is 7.38. The second-order valence-electron chi connectivity index (χ2n) is 3.51. The van der Waals surface area contributed by atoms with Gasteiger partial charge in [-0.05, 0) is 18.4 Å². The molecule has 6 heteroatoms. The number of thiazole rings is 1. The van der Waals surface area contributed by atoms with Gasteiger partial charge in [0.15, 0.2) is 0 Å². The number of thioether (sulfide) groups is 1. The van der Waals surface area contributed by atoms with E-state index in [1.807, 2.05) is 17.7 Å². The number of nitrogens with zero attached hydrogens (tertiary/aromatic N) is 1. The van der Waals surface area contributed by atoms with Gasteiger partial charge in [-0.2, -0.15) is 11.3 Å². The van der Waals surface area contributed by atoms with Crippen LogP contribution < -0.4 is 5.73 Å². The van der Waals surface area contributed by atoms with E-state index in [0.717, 1.165) is 16.5 Å². The summed E-state index contributed by atoms with van der Waals surface area (Å²) < 4.78 is 0. The predicted molar refractivity (Wildman–Crippen MR) is 75.4 cm³/mol. The molecule has 0 saturated carbocycles. The first-order valence-corrected chi connectivity index (χ1v) is 7.92. The average Bonchev–Trinajstić information content (AvgIpc) is 2.95. The Bertz CT molecular complexity index is 493. The van der Waals surface area contributed by atoms with Crippen LogP contribution in [0.5, 0.6) is 0 Å². The maximum atomic E-state index is 10.9. The molecule has 1 amide bonds.